The van der Waals surface area contributed by atoms with Crippen molar-refractivity contribution in [3.63, 3.8) is 0 Å². The Morgan fingerprint density at radius 3 is 2.29 bits per heavy atom. The van der Waals surface area contributed by atoms with Crippen molar-refractivity contribution < 1.29 is 38.6 Å². The minimum Gasteiger partial charge on any atom is -0.478 e. The summed E-state index contributed by atoms with van der Waals surface area (Å²) in [5.41, 5.74) is 0.958. The molecule has 2 heterocycles. The molecule has 0 bridgehead atoms. The number of Topliss-reactive ketones (excluding diaryl/α,β-unsaturated/α-hetero) is 1. The van der Waals surface area contributed by atoms with Crippen LogP contribution in [-0.4, -0.2) is 39.6 Å². The zero-order chi connectivity index (χ0) is 34.0. The van der Waals surface area contributed by atoms with E-state index >= 15 is 0 Å². The smallest absolute Gasteiger partial charge is 0.335 e. The number of furan rings is 1. The molecular weight excluding hydrogens is 622 g/mol. The Labute approximate surface area is 281 Å². The molecule has 2 N–H and O–H groups in total. The second-order valence-electron chi connectivity index (χ2n) is 13.1. The van der Waals surface area contributed by atoms with Crippen LogP contribution in [0.15, 0.2) is 119 Å². The van der Waals surface area contributed by atoms with Crippen molar-refractivity contribution in [2.24, 2.45) is 23.7 Å². The maximum absolute atomic E-state index is 15.0. The van der Waals surface area contributed by atoms with Gasteiger partial charge in [-0.2, -0.15) is 0 Å². The number of amides is 2. The summed E-state index contributed by atoms with van der Waals surface area (Å²) in [5, 5.41) is 19.6. The Morgan fingerprint density at radius 2 is 1.59 bits per heavy atom. The Kier molecular flexibility index (Phi) is 7.19. The van der Waals surface area contributed by atoms with Crippen molar-refractivity contribution in [2.45, 2.75) is 30.8 Å². The van der Waals surface area contributed by atoms with Crippen molar-refractivity contribution >= 4 is 40.6 Å². The van der Waals surface area contributed by atoms with Crippen LogP contribution in [0.5, 0.6) is 0 Å². The number of ketones is 2. The average Bonchev–Trinajstić information content (AvgIpc) is 3.71. The number of carboxylic acids is 1. The number of imide groups is 1. The lowest BCUT2D eigenvalue weighted by Gasteiger charge is -2.54. The van der Waals surface area contributed by atoms with Crippen LogP contribution < -0.4 is 4.90 Å². The van der Waals surface area contributed by atoms with Gasteiger partial charge in [-0.15, -0.1) is 0 Å². The molecule has 9 heteroatoms. The summed E-state index contributed by atoms with van der Waals surface area (Å²) < 4.78 is 6.20. The summed E-state index contributed by atoms with van der Waals surface area (Å²) in [6, 6.07) is 27.3. The van der Waals surface area contributed by atoms with Gasteiger partial charge in [-0.25, -0.2) is 4.79 Å². The van der Waals surface area contributed by atoms with E-state index in [1.165, 1.54) is 30.3 Å². The lowest BCUT2D eigenvalue weighted by atomic mass is 9.45. The molecule has 0 radical (unpaired) electrons. The monoisotopic (exact) mass is 653 g/mol. The Bertz CT molecular complexity index is 2110. The topological polar surface area (TPSA) is 142 Å². The lowest BCUT2D eigenvalue weighted by molar-refractivity contribution is -0.135. The number of carbonyl (C=O) groups is 5. The number of hydrogen-bond donors (Lipinski definition) is 2. The van der Waals surface area contributed by atoms with Gasteiger partial charge in [0.25, 0.3) is 0 Å². The van der Waals surface area contributed by atoms with Crippen molar-refractivity contribution in [3.8, 4) is 0 Å². The molecule has 1 aliphatic heterocycles. The summed E-state index contributed by atoms with van der Waals surface area (Å²) in [7, 11) is 0. The predicted octanol–water partition coefficient (Wildman–Crippen LogP) is 5.50. The number of allylic oxidation sites excluding steroid dienone is 4. The molecule has 4 aromatic rings. The van der Waals surface area contributed by atoms with Gasteiger partial charge < -0.3 is 14.6 Å². The van der Waals surface area contributed by atoms with Crippen LogP contribution in [0.3, 0.4) is 0 Å². The Morgan fingerprint density at radius 1 is 0.857 bits per heavy atom. The van der Waals surface area contributed by atoms with E-state index in [4.69, 9.17) is 4.42 Å². The summed E-state index contributed by atoms with van der Waals surface area (Å²) >= 11 is 0. The number of aliphatic hydroxyl groups excluding tert-OH is 1. The molecule has 4 aliphatic rings. The highest BCUT2D eigenvalue weighted by molar-refractivity contribution is 6.32. The molecule has 9 nitrogen and oxygen atoms in total. The number of carboxylic acid groups (broad SMARTS) is 1. The zero-order valence-corrected chi connectivity index (χ0v) is 26.2. The molecule has 8 rings (SSSR count). The van der Waals surface area contributed by atoms with E-state index in [-0.39, 0.29) is 53.6 Å². The van der Waals surface area contributed by atoms with Gasteiger partial charge in [0.15, 0.2) is 11.6 Å². The van der Waals surface area contributed by atoms with Crippen LogP contribution in [0.4, 0.5) is 5.69 Å². The quantitative estimate of drug-likeness (QED) is 0.205. The standard InChI is InChI=1S/C40H31NO8/c42-21-26-14-17-32(49-26)35-27-15-16-28-34(38(46)41(37(28)45)25-13-7-10-23(18-25)39(47)48)30(27)19-31-36(44)29(22-8-3-1-4-9-22)20-33(43)40(31,35)24-11-5-2-6-12-24/h1-15,17-18,20,28,30-31,34-35,42H,16,19,21H2,(H,47,48). The fourth-order valence-electron chi connectivity index (χ4n) is 8.85. The van der Waals surface area contributed by atoms with Crippen LogP contribution in [0.2, 0.25) is 0 Å². The third-order valence-corrected chi connectivity index (χ3v) is 10.8. The van der Waals surface area contributed by atoms with E-state index in [0.717, 1.165) is 10.5 Å². The van der Waals surface area contributed by atoms with Gasteiger partial charge in [0.05, 0.1) is 34.4 Å². The molecule has 3 aromatic carbocycles. The third-order valence-electron chi connectivity index (χ3n) is 10.8. The number of hydrogen-bond acceptors (Lipinski definition) is 7. The van der Waals surface area contributed by atoms with E-state index in [0.29, 0.717) is 16.9 Å². The number of aromatic carboxylic acids is 1. The van der Waals surface area contributed by atoms with Crippen LogP contribution in [0.25, 0.3) is 5.57 Å². The molecule has 1 saturated heterocycles. The highest BCUT2D eigenvalue weighted by atomic mass is 16.4. The number of benzene rings is 3. The molecule has 3 aliphatic carbocycles. The van der Waals surface area contributed by atoms with Crippen LogP contribution in [0, 0.1) is 23.7 Å². The zero-order valence-electron chi connectivity index (χ0n) is 26.2. The molecule has 2 amide bonds. The van der Waals surface area contributed by atoms with Crippen molar-refractivity contribution in [1.82, 2.24) is 0 Å². The fraction of sp³-hybridized carbons (Fsp3) is 0.225. The Hall–Kier alpha value is -5.67. The van der Waals surface area contributed by atoms with Crippen molar-refractivity contribution in [3.05, 3.63) is 143 Å². The van der Waals surface area contributed by atoms with E-state index in [9.17, 15) is 34.2 Å². The largest absolute Gasteiger partial charge is 0.478 e. The molecule has 6 unspecified atom stereocenters. The summed E-state index contributed by atoms with van der Waals surface area (Å²) in [5.74, 6) is -5.85. The molecule has 2 fully saturated rings. The molecular formula is C40H31NO8. The first-order valence-corrected chi connectivity index (χ1v) is 16.3. The van der Waals surface area contributed by atoms with Gasteiger partial charge in [0, 0.05) is 11.5 Å². The van der Waals surface area contributed by atoms with E-state index < -0.39 is 52.8 Å². The minimum atomic E-state index is -1.43. The number of carbonyl (C=O) groups excluding carboxylic acids is 4. The second kappa shape index (κ2) is 11.5. The molecule has 0 spiro atoms. The van der Waals surface area contributed by atoms with E-state index in [1.54, 1.807) is 36.4 Å². The number of rotatable bonds is 6. The van der Waals surface area contributed by atoms with Gasteiger partial charge in [-0.3, -0.25) is 24.1 Å². The predicted molar refractivity (Wildman–Crippen MR) is 177 cm³/mol. The van der Waals surface area contributed by atoms with E-state index in [1.807, 2.05) is 42.5 Å². The molecule has 1 saturated carbocycles. The van der Waals surface area contributed by atoms with Crippen LogP contribution in [0.1, 0.15) is 51.8 Å². The number of fused-ring (bicyclic) bond motifs is 4. The maximum Gasteiger partial charge on any atom is 0.335 e. The van der Waals surface area contributed by atoms with Gasteiger partial charge in [-0.05, 0) is 66.3 Å². The SMILES string of the molecule is O=C(O)c1cccc(N2C(=O)C3CC=C4C(CC5C(=O)C(c6ccccc6)=CC(=O)C5(c5ccccc5)C4c4ccc(CO)o4)C3C2=O)c1. The lowest BCUT2D eigenvalue weighted by Crippen LogP contribution is -2.58. The van der Waals surface area contributed by atoms with Crippen LogP contribution >= 0.6 is 0 Å². The van der Waals surface area contributed by atoms with Crippen molar-refractivity contribution in [2.75, 3.05) is 4.90 Å². The number of nitrogens with zero attached hydrogens (tertiary/aromatic N) is 1. The highest BCUT2D eigenvalue weighted by Crippen LogP contribution is 2.63. The summed E-state index contributed by atoms with van der Waals surface area (Å²) in [6.07, 6.45) is 3.71. The number of aliphatic hydroxyl groups is 1. The average molecular weight is 654 g/mol. The first-order chi connectivity index (χ1) is 23.7. The Balaban J connectivity index is 1.33. The molecule has 1 aromatic heterocycles. The maximum atomic E-state index is 15.0. The summed E-state index contributed by atoms with van der Waals surface area (Å²) in [6.45, 7) is -0.371. The normalized spacial score (nSPS) is 27.6. The van der Waals surface area contributed by atoms with E-state index in [2.05, 4.69) is 0 Å². The summed E-state index contributed by atoms with van der Waals surface area (Å²) in [4.78, 5) is 71.1. The minimum absolute atomic E-state index is 0.0544. The number of anilines is 1. The molecule has 49 heavy (non-hydrogen) atoms. The highest BCUT2D eigenvalue weighted by Gasteiger charge is 2.66. The van der Waals surface area contributed by atoms with Gasteiger partial charge in [0.1, 0.15) is 18.1 Å². The van der Waals surface area contributed by atoms with Gasteiger partial charge in [-0.1, -0.05) is 78.4 Å². The second-order valence-corrected chi connectivity index (χ2v) is 13.1. The van der Waals surface area contributed by atoms with Crippen molar-refractivity contribution in [1.29, 1.82) is 0 Å². The van der Waals surface area contributed by atoms with Gasteiger partial charge >= 0.3 is 5.97 Å². The van der Waals surface area contributed by atoms with Crippen LogP contribution in [-0.2, 0) is 31.2 Å². The molecule has 6 atom stereocenters. The fourth-order valence-corrected chi connectivity index (χ4v) is 8.85. The molecule has 244 valence electrons. The first-order valence-electron chi connectivity index (χ1n) is 16.3. The first kappa shape index (κ1) is 30.7. The van der Waals surface area contributed by atoms with Gasteiger partial charge in [0.2, 0.25) is 11.8 Å². The third kappa shape index (κ3) is 4.45.